The largest absolute Gasteiger partial charge is 0.416 e. The predicted octanol–water partition coefficient (Wildman–Crippen LogP) is 7.86. The minimum Gasteiger partial charge on any atom is -0.306 e. The van der Waals surface area contributed by atoms with Crippen LogP contribution in [0.1, 0.15) is 35.2 Å². The Morgan fingerprint density at radius 1 is 0.735 bits per heavy atom. The molecule has 0 aliphatic heterocycles. The fourth-order valence-electron chi connectivity index (χ4n) is 2.97. The van der Waals surface area contributed by atoms with E-state index in [0.29, 0.717) is 12.1 Å². The predicted molar refractivity (Wildman–Crippen MR) is 114 cm³/mol. The van der Waals surface area contributed by atoms with Crippen LogP contribution in [-0.2, 0) is 6.18 Å². The molecular weight excluding hydrogens is 466 g/mol. The van der Waals surface area contributed by atoms with Crippen LogP contribution in [0.5, 0.6) is 0 Å². The third kappa shape index (κ3) is 8.44. The van der Waals surface area contributed by atoms with Crippen molar-refractivity contribution in [3.8, 4) is 0 Å². The minimum absolute atomic E-state index is 0.199. The van der Waals surface area contributed by atoms with E-state index in [1.807, 2.05) is 18.2 Å². The molecule has 0 aliphatic carbocycles. The van der Waals surface area contributed by atoms with Crippen molar-refractivity contribution in [2.45, 2.75) is 32.2 Å². The average molecular weight is 489 g/mol. The second kappa shape index (κ2) is 11.5. The molecule has 184 valence electrons. The van der Waals surface area contributed by atoms with Crippen LogP contribution in [0.4, 0.5) is 35.1 Å². The number of hydrogen-bond donors (Lipinski definition) is 1. The van der Waals surface area contributed by atoms with Gasteiger partial charge in [0.05, 0.1) is 17.5 Å². The summed E-state index contributed by atoms with van der Waals surface area (Å²) < 4.78 is 104. The van der Waals surface area contributed by atoms with Gasteiger partial charge in [0.15, 0.2) is 0 Å². The van der Waals surface area contributed by atoms with E-state index in [1.165, 1.54) is 17.7 Å². The first-order valence-corrected chi connectivity index (χ1v) is 10.2. The molecule has 1 N–H and O–H groups in total. The van der Waals surface area contributed by atoms with Crippen LogP contribution in [0.25, 0.3) is 0 Å². The van der Waals surface area contributed by atoms with Crippen molar-refractivity contribution >= 4 is 0 Å². The van der Waals surface area contributed by atoms with E-state index in [9.17, 15) is 35.1 Å². The molecule has 0 heterocycles. The molecule has 0 aliphatic rings. The monoisotopic (exact) mass is 489 g/mol. The average Bonchev–Trinajstić information content (AvgIpc) is 2.74. The fraction of sp³-hybridized carbons (Fsp3) is 0.280. The highest BCUT2D eigenvalue weighted by atomic mass is 19.4. The summed E-state index contributed by atoms with van der Waals surface area (Å²) in [6.07, 6.45) is -9.34. The van der Waals surface area contributed by atoms with E-state index in [1.54, 1.807) is 0 Å². The molecule has 0 saturated heterocycles. The van der Waals surface area contributed by atoms with Crippen molar-refractivity contribution < 1.29 is 35.1 Å². The van der Waals surface area contributed by atoms with E-state index in [4.69, 9.17) is 0 Å². The van der Waals surface area contributed by atoms with Crippen LogP contribution in [0, 0.1) is 24.5 Å². The molecule has 3 aromatic rings. The lowest BCUT2D eigenvalue weighted by Crippen LogP contribution is -2.34. The van der Waals surface area contributed by atoms with Gasteiger partial charge < -0.3 is 5.32 Å². The second-order valence-corrected chi connectivity index (χ2v) is 7.76. The van der Waals surface area contributed by atoms with Crippen molar-refractivity contribution in [1.82, 2.24) is 5.32 Å². The molecule has 0 fully saturated rings. The van der Waals surface area contributed by atoms with Crippen LogP contribution in [0.15, 0.2) is 72.8 Å². The fourth-order valence-corrected chi connectivity index (χ4v) is 2.97. The Bertz CT molecular complexity index is 1030. The quantitative estimate of drug-likeness (QED) is 0.360. The number of hydrogen-bond acceptors (Lipinski definition) is 1. The Morgan fingerprint density at radius 2 is 1.32 bits per heavy atom. The van der Waals surface area contributed by atoms with E-state index < -0.39 is 48.1 Å². The Kier molecular flexibility index (Phi) is 9.21. The van der Waals surface area contributed by atoms with Gasteiger partial charge in [0, 0.05) is 6.54 Å². The summed E-state index contributed by atoms with van der Waals surface area (Å²) in [4.78, 5) is 0. The number of rotatable bonds is 5. The number of benzene rings is 3. The molecule has 0 saturated carbocycles. The molecule has 9 heteroatoms. The lowest BCUT2D eigenvalue weighted by Gasteiger charge is -2.24. The third-order valence-corrected chi connectivity index (χ3v) is 4.91. The summed E-state index contributed by atoms with van der Waals surface area (Å²) in [5.41, 5.74) is 0.0330. The summed E-state index contributed by atoms with van der Waals surface area (Å²) in [6.45, 7) is 2.37. The lowest BCUT2D eigenvalue weighted by molar-refractivity contribution is -0.168. The zero-order valence-corrected chi connectivity index (χ0v) is 18.3. The highest BCUT2D eigenvalue weighted by Crippen LogP contribution is 2.34. The van der Waals surface area contributed by atoms with E-state index in [0.717, 1.165) is 25.1 Å². The molecule has 2 atom stereocenters. The molecule has 0 bridgehead atoms. The van der Waals surface area contributed by atoms with Crippen molar-refractivity contribution in [2.75, 3.05) is 6.54 Å². The Hall–Kier alpha value is -2.94. The summed E-state index contributed by atoms with van der Waals surface area (Å²) >= 11 is 0. The van der Waals surface area contributed by atoms with E-state index in [-0.39, 0.29) is 11.1 Å². The third-order valence-electron chi connectivity index (χ3n) is 4.91. The van der Waals surface area contributed by atoms with Gasteiger partial charge in [-0.3, -0.25) is 0 Å². The highest BCUT2D eigenvalue weighted by molar-refractivity contribution is 5.36. The Balaban J connectivity index is 0.000000497. The summed E-state index contributed by atoms with van der Waals surface area (Å²) in [6, 6.07) is 15.3. The molecule has 0 amide bonds. The molecule has 0 aromatic heterocycles. The van der Waals surface area contributed by atoms with Crippen LogP contribution in [0.3, 0.4) is 0 Å². The molecule has 3 rings (SSSR count). The number of halogens is 8. The summed E-state index contributed by atoms with van der Waals surface area (Å²) in [5.74, 6) is -3.61. The van der Waals surface area contributed by atoms with Crippen molar-refractivity contribution in [2.24, 2.45) is 5.92 Å². The van der Waals surface area contributed by atoms with Gasteiger partial charge in [0.1, 0.15) is 11.6 Å². The maximum Gasteiger partial charge on any atom is 0.416 e. The van der Waals surface area contributed by atoms with Gasteiger partial charge in [-0.05, 0) is 48.4 Å². The topological polar surface area (TPSA) is 12.0 Å². The summed E-state index contributed by atoms with van der Waals surface area (Å²) in [5, 5.41) is 2.51. The van der Waals surface area contributed by atoms with E-state index in [2.05, 4.69) is 24.4 Å². The second-order valence-electron chi connectivity index (χ2n) is 7.76. The van der Waals surface area contributed by atoms with Crippen LogP contribution in [0.2, 0.25) is 0 Å². The van der Waals surface area contributed by atoms with Gasteiger partial charge >= 0.3 is 12.4 Å². The first-order chi connectivity index (χ1) is 15.8. The highest BCUT2D eigenvalue weighted by Gasteiger charge is 2.36. The molecule has 34 heavy (non-hydrogen) atoms. The standard InChI is InChI=1S/C18H15F8N.C7H8/c1-10(17(21,22)23)9-27-16(11-2-4-14(19)5-3-11)12-6-13(18(24,25)26)8-15(20)7-12;1-7-5-3-2-4-6-7/h2-8,10,16,27H,9H2,1H3;2-6H,1H3/t10-,16-;/m1./s1. The maximum atomic E-state index is 13.7. The SMILES string of the molecule is C[C@H](CN[C@H](c1ccc(F)cc1)c1cc(F)cc(C(F)(F)F)c1)C(F)(F)F.Cc1ccccc1. The van der Waals surface area contributed by atoms with Gasteiger partial charge in [0.25, 0.3) is 0 Å². The van der Waals surface area contributed by atoms with E-state index >= 15 is 0 Å². The first kappa shape index (κ1) is 27.3. The molecular formula is C25H23F8N. The van der Waals surface area contributed by atoms with Crippen LogP contribution in [-0.4, -0.2) is 12.7 Å². The van der Waals surface area contributed by atoms with Crippen molar-refractivity contribution in [3.63, 3.8) is 0 Å². The van der Waals surface area contributed by atoms with Crippen LogP contribution < -0.4 is 5.32 Å². The molecule has 0 spiro atoms. The first-order valence-electron chi connectivity index (χ1n) is 10.2. The maximum absolute atomic E-state index is 13.7. The Morgan fingerprint density at radius 3 is 1.79 bits per heavy atom. The molecule has 1 nitrogen and oxygen atoms in total. The minimum atomic E-state index is -4.83. The van der Waals surface area contributed by atoms with Crippen molar-refractivity contribution in [3.05, 3.63) is 107 Å². The zero-order valence-electron chi connectivity index (χ0n) is 18.3. The smallest absolute Gasteiger partial charge is 0.306 e. The zero-order chi connectivity index (χ0) is 25.5. The molecule has 0 radical (unpaired) electrons. The number of aryl methyl sites for hydroxylation is 1. The number of alkyl halides is 6. The van der Waals surface area contributed by atoms with Gasteiger partial charge in [0.2, 0.25) is 0 Å². The number of nitrogens with one attached hydrogen (secondary N) is 1. The summed E-state index contributed by atoms with van der Waals surface area (Å²) in [7, 11) is 0. The van der Waals surface area contributed by atoms with Crippen LogP contribution >= 0.6 is 0 Å². The molecule has 3 aromatic carbocycles. The van der Waals surface area contributed by atoms with Crippen molar-refractivity contribution in [1.29, 1.82) is 0 Å². The van der Waals surface area contributed by atoms with Gasteiger partial charge in [-0.2, -0.15) is 26.3 Å². The van der Waals surface area contributed by atoms with Gasteiger partial charge in [-0.1, -0.05) is 55.0 Å². The normalized spacial score (nSPS) is 13.6. The lowest BCUT2D eigenvalue weighted by atomic mass is 9.96. The van der Waals surface area contributed by atoms with Gasteiger partial charge in [-0.25, -0.2) is 8.78 Å². The van der Waals surface area contributed by atoms with Gasteiger partial charge in [-0.15, -0.1) is 0 Å². The Labute approximate surface area is 192 Å². The molecule has 0 unspecified atom stereocenters.